The van der Waals surface area contributed by atoms with Crippen LogP contribution in [0.2, 0.25) is 0 Å². The van der Waals surface area contributed by atoms with Crippen molar-refractivity contribution in [3.05, 3.63) is 41.5 Å². The molecule has 0 bridgehead atoms. The molecule has 102 valence electrons. The summed E-state index contributed by atoms with van der Waals surface area (Å²) in [6, 6.07) is 5.86. The van der Waals surface area contributed by atoms with Gasteiger partial charge in [0.05, 0.1) is 6.61 Å². The average molecular weight is 261 g/mol. The van der Waals surface area contributed by atoms with Gasteiger partial charge in [-0.3, -0.25) is 4.79 Å². The van der Waals surface area contributed by atoms with Crippen LogP contribution < -0.4 is 5.32 Å². The van der Waals surface area contributed by atoms with E-state index < -0.39 is 5.97 Å². The molecule has 1 aromatic carbocycles. The minimum atomic E-state index is -0.516. The third-order valence-electron chi connectivity index (χ3n) is 2.65. The van der Waals surface area contributed by atoms with Crippen LogP contribution >= 0.6 is 0 Å². The first-order valence-electron chi connectivity index (χ1n) is 6.32. The van der Waals surface area contributed by atoms with E-state index in [9.17, 15) is 9.59 Å². The first-order chi connectivity index (χ1) is 9.08. The van der Waals surface area contributed by atoms with Crippen LogP contribution in [0.1, 0.15) is 25.0 Å². The Morgan fingerprint density at radius 1 is 1.26 bits per heavy atom. The maximum atomic E-state index is 11.7. The van der Waals surface area contributed by atoms with Crippen molar-refractivity contribution in [2.45, 2.75) is 27.2 Å². The van der Waals surface area contributed by atoms with Gasteiger partial charge >= 0.3 is 5.97 Å². The highest BCUT2D eigenvalue weighted by Crippen LogP contribution is 2.20. The molecule has 1 rings (SSSR count). The van der Waals surface area contributed by atoms with Gasteiger partial charge in [-0.15, -0.1) is 0 Å². The fourth-order valence-electron chi connectivity index (χ4n) is 1.70. The van der Waals surface area contributed by atoms with E-state index in [1.54, 1.807) is 6.92 Å². The zero-order chi connectivity index (χ0) is 14.3. The quantitative estimate of drug-likeness (QED) is 0.654. The molecule has 19 heavy (non-hydrogen) atoms. The topological polar surface area (TPSA) is 55.4 Å². The number of nitrogens with one attached hydrogen (secondary N) is 1. The van der Waals surface area contributed by atoms with Gasteiger partial charge < -0.3 is 10.1 Å². The minimum Gasteiger partial charge on any atom is -0.463 e. The number of carbonyl (C=O) groups excluding carboxylic acids is 2. The van der Waals surface area contributed by atoms with Crippen LogP contribution in [0.25, 0.3) is 0 Å². The number of rotatable bonds is 5. The Morgan fingerprint density at radius 3 is 2.63 bits per heavy atom. The minimum absolute atomic E-state index is 0.294. The Labute approximate surface area is 113 Å². The molecule has 0 saturated carbocycles. The number of carbonyl (C=O) groups is 2. The molecule has 0 aliphatic carbocycles. The first kappa shape index (κ1) is 15.0. The maximum absolute atomic E-state index is 11.7. The molecule has 0 aliphatic rings. The van der Waals surface area contributed by atoms with E-state index >= 15 is 0 Å². The Kier molecular flexibility index (Phi) is 5.79. The van der Waals surface area contributed by atoms with Crippen LogP contribution in [0.15, 0.2) is 30.4 Å². The monoisotopic (exact) mass is 261 g/mol. The van der Waals surface area contributed by atoms with Crippen molar-refractivity contribution in [2.24, 2.45) is 0 Å². The fourth-order valence-corrected chi connectivity index (χ4v) is 1.70. The third-order valence-corrected chi connectivity index (χ3v) is 2.65. The van der Waals surface area contributed by atoms with Crippen LogP contribution in [-0.2, 0) is 20.7 Å². The maximum Gasteiger partial charge on any atom is 0.330 e. The summed E-state index contributed by atoms with van der Waals surface area (Å²) in [5, 5.41) is 2.79. The number of amides is 1. The van der Waals surface area contributed by atoms with Gasteiger partial charge in [-0.25, -0.2) is 4.79 Å². The lowest BCUT2D eigenvalue weighted by Gasteiger charge is -2.11. The van der Waals surface area contributed by atoms with E-state index in [1.807, 2.05) is 32.0 Å². The van der Waals surface area contributed by atoms with Crippen molar-refractivity contribution in [3.63, 3.8) is 0 Å². The first-order valence-corrected chi connectivity index (χ1v) is 6.32. The van der Waals surface area contributed by atoms with E-state index in [-0.39, 0.29) is 5.91 Å². The van der Waals surface area contributed by atoms with Crippen LogP contribution in [-0.4, -0.2) is 18.5 Å². The highest BCUT2D eigenvalue weighted by molar-refractivity contribution is 6.03. The normalized spacial score (nSPS) is 10.5. The number of hydrogen-bond acceptors (Lipinski definition) is 3. The van der Waals surface area contributed by atoms with Gasteiger partial charge in [0, 0.05) is 17.8 Å². The number of ether oxygens (including phenoxy) is 1. The Morgan fingerprint density at radius 2 is 2.00 bits per heavy atom. The largest absolute Gasteiger partial charge is 0.463 e. The lowest BCUT2D eigenvalue weighted by molar-refractivity contribution is -0.137. The van der Waals surface area contributed by atoms with E-state index in [2.05, 4.69) is 5.32 Å². The SMILES string of the molecule is CCOC(=O)/C=C/C(=O)Nc1c(C)cccc1CC. The zero-order valence-electron chi connectivity index (χ0n) is 11.5. The van der Waals surface area contributed by atoms with Gasteiger partial charge in [0.2, 0.25) is 5.91 Å². The Hall–Kier alpha value is -2.10. The molecular formula is C15H19NO3. The lowest BCUT2D eigenvalue weighted by Crippen LogP contribution is -2.12. The second-order valence-electron chi connectivity index (χ2n) is 4.04. The molecule has 1 N–H and O–H groups in total. The molecule has 1 aromatic rings. The Bertz CT molecular complexity index is 492. The molecule has 0 spiro atoms. The van der Waals surface area contributed by atoms with Crippen LogP contribution in [0.4, 0.5) is 5.69 Å². The number of esters is 1. The highest BCUT2D eigenvalue weighted by Gasteiger charge is 2.06. The molecule has 0 unspecified atom stereocenters. The summed E-state index contributed by atoms with van der Waals surface area (Å²) in [4.78, 5) is 22.8. The number of aryl methyl sites for hydroxylation is 2. The number of benzene rings is 1. The molecule has 4 nitrogen and oxygen atoms in total. The third kappa shape index (κ3) is 4.58. The van der Waals surface area contributed by atoms with Crippen LogP contribution in [0.3, 0.4) is 0 Å². The molecule has 0 heterocycles. The van der Waals surface area contributed by atoms with Gasteiger partial charge in [0.15, 0.2) is 0 Å². The molecule has 0 saturated heterocycles. The summed E-state index contributed by atoms with van der Waals surface area (Å²) >= 11 is 0. The van der Waals surface area contributed by atoms with E-state index in [0.29, 0.717) is 6.61 Å². The van der Waals surface area contributed by atoms with Gasteiger partial charge in [0.1, 0.15) is 0 Å². The van der Waals surface area contributed by atoms with E-state index in [0.717, 1.165) is 29.3 Å². The summed E-state index contributed by atoms with van der Waals surface area (Å²) in [6.45, 7) is 5.97. The molecule has 4 heteroatoms. The summed E-state index contributed by atoms with van der Waals surface area (Å²) in [5.41, 5.74) is 2.87. The van der Waals surface area contributed by atoms with Crippen LogP contribution in [0.5, 0.6) is 0 Å². The highest BCUT2D eigenvalue weighted by atomic mass is 16.5. The van der Waals surface area contributed by atoms with Gasteiger partial charge in [0.25, 0.3) is 0 Å². The molecule has 0 aliphatic heterocycles. The van der Waals surface area contributed by atoms with Crippen molar-refractivity contribution in [2.75, 3.05) is 11.9 Å². The molecule has 0 radical (unpaired) electrons. The van der Waals surface area contributed by atoms with E-state index in [4.69, 9.17) is 4.74 Å². The second-order valence-corrected chi connectivity index (χ2v) is 4.04. The number of para-hydroxylation sites is 1. The van der Waals surface area contributed by atoms with Crippen molar-refractivity contribution >= 4 is 17.6 Å². The summed E-state index contributed by atoms with van der Waals surface area (Å²) < 4.78 is 4.71. The predicted molar refractivity (Wildman–Crippen MR) is 75.0 cm³/mol. The molecule has 0 atom stereocenters. The molecular weight excluding hydrogens is 242 g/mol. The number of hydrogen-bond donors (Lipinski definition) is 1. The summed E-state index contributed by atoms with van der Waals surface area (Å²) in [7, 11) is 0. The standard InChI is InChI=1S/C15H19NO3/c1-4-12-8-6-7-11(3)15(12)16-13(17)9-10-14(18)19-5-2/h6-10H,4-5H2,1-3H3,(H,16,17)/b10-9+. The molecule has 0 aromatic heterocycles. The van der Waals surface area contributed by atoms with Crippen molar-refractivity contribution < 1.29 is 14.3 Å². The van der Waals surface area contributed by atoms with Crippen molar-refractivity contribution in [3.8, 4) is 0 Å². The van der Waals surface area contributed by atoms with Gasteiger partial charge in [-0.05, 0) is 31.4 Å². The van der Waals surface area contributed by atoms with Crippen molar-refractivity contribution in [1.82, 2.24) is 0 Å². The lowest BCUT2D eigenvalue weighted by atomic mass is 10.1. The summed E-state index contributed by atoms with van der Waals surface area (Å²) in [5.74, 6) is -0.852. The predicted octanol–water partition coefficient (Wildman–Crippen LogP) is 2.62. The van der Waals surface area contributed by atoms with Crippen LogP contribution in [0, 0.1) is 6.92 Å². The fraction of sp³-hybridized carbons (Fsp3) is 0.333. The smallest absolute Gasteiger partial charge is 0.330 e. The summed E-state index contributed by atoms with van der Waals surface area (Å²) in [6.07, 6.45) is 3.14. The molecule has 1 amide bonds. The second kappa shape index (κ2) is 7.36. The van der Waals surface area contributed by atoms with Gasteiger partial charge in [-0.1, -0.05) is 25.1 Å². The van der Waals surface area contributed by atoms with Gasteiger partial charge in [-0.2, -0.15) is 0 Å². The van der Waals surface area contributed by atoms with Crippen molar-refractivity contribution in [1.29, 1.82) is 0 Å². The Balaban J connectivity index is 2.75. The van der Waals surface area contributed by atoms with E-state index in [1.165, 1.54) is 6.08 Å². The average Bonchev–Trinajstić information content (AvgIpc) is 2.39. The zero-order valence-corrected chi connectivity index (χ0v) is 11.5. The molecule has 0 fully saturated rings. The number of anilines is 1.